The Labute approximate surface area is 103 Å². The van der Waals surface area contributed by atoms with Gasteiger partial charge < -0.3 is 10.4 Å². The lowest BCUT2D eigenvalue weighted by Crippen LogP contribution is -2.44. The molecule has 1 amide bonds. The SMILES string of the molecule is CC(C)C(NC(=O)c1ccc(F)cc1F)C(=O)O. The van der Waals surface area contributed by atoms with E-state index in [-0.39, 0.29) is 11.5 Å². The summed E-state index contributed by atoms with van der Waals surface area (Å²) in [5.74, 6) is -4.27. The molecule has 1 unspecified atom stereocenters. The van der Waals surface area contributed by atoms with Gasteiger partial charge in [0, 0.05) is 6.07 Å². The Balaban J connectivity index is 2.91. The highest BCUT2D eigenvalue weighted by atomic mass is 19.1. The molecule has 98 valence electrons. The number of hydrogen-bond acceptors (Lipinski definition) is 2. The monoisotopic (exact) mass is 257 g/mol. The van der Waals surface area contributed by atoms with Gasteiger partial charge in [-0.05, 0) is 18.1 Å². The summed E-state index contributed by atoms with van der Waals surface area (Å²) in [5, 5.41) is 11.1. The summed E-state index contributed by atoms with van der Waals surface area (Å²) < 4.78 is 26.0. The number of halogens is 2. The van der Waals surface area contributed by atoms with Crippen molar-refractivity contribution in [2.45, 2.75) is 19.9 Å². The van der Waals surface area contributed by atoms with Gasteiger partial charge in [0.15, 0.2) is 0 Å². The highest BCUT2D eigenvalue weighted by Crippen LogP contribution is 2.11. The van der Waals surface area contributed by atoms with Crippen molar-refractivity contribution >= 4 is 11.9 Å². The van der Waals surface area contributed by atoms with Gasteiger partial charge in [-0.1, -0.05) is 13.8 Å². The number of carboxylic acid groups (broad SMARTS) is 1. The van der Waals surface area contributed by atoms with E-state index in [9.17, 15) is 18.4 Å². The molecule has 4 nitrogen and oxygen atoms in total. The van der Waals surface area contributed by atoms with Gasteiger partial charge in [-0.3, -0.25) is 4.79 Å². The van der Waals surface area contributed by atoms with Crippen molar-refractivity contribution < 1.29 is 23.5 Å². The van der Waals surface area contributed by atoms with E-state index in [4.69, 9.17) is 5.11 Å². The quantitative estimate of drug-likeness (QED) is 0.864. The molecule has 0 fully saturated rings. The molecule has 0 heterocycles. The van der Waals surface area contributed by atoms with Crippen molar-refractivity contribution in [2.24, 2.45) is 5.92 Å². The first-order chi connectivity index (χ1) is 8.32. The average molecular weight is 257 g/mol. The Hall–Kier alpha value is -1.98. The molecule has 2 N–H and O–H groups in total. The number of rotatable bonds is 4. The number of carbonyl (C=O) groups excluding carboxylic acids is 1. The van der Waals surface area contributed by atoms with Gasteiger partial charge in [-0.15, -0.1) is 0 Å². The molecule has 0 saturated heterocycles. The van der Waals surface area contributed by atoms with E-state index >= 15 is 0 Å². The molecular weight excluding hydrogens is 244 g/mol. The van der Waals surface area contributed by atoms with Crippen molar-refractivity contribution in [1.82, 2.24) is 5.32 Å². The number of amides is 1. The van der Waals surface area contributed by atoms with Crippen LogP contribution in [0.15, 0.2) is 18.2 Å². The Morgan fingerprint density at radius 1 is 1.28 bits per heavy atom. The standard InChI is InChI=1S/C12H13F2NO3/c1-6(2)10(12(17)18)15-11(16)8-4-3-7(13)5-9(8)14/h3-6,10H,1-2H3,(H,15,16)(H,17,18). The zero-order chi connectivity index (χ0) is 13.9. The van der Waals surface area contributed by atoms with E-state index < -0.39 is 29.6 Å². The van der Waals surface area contributed by atoms with Gasteiger partial charge in [0.1, 0.15) is 17.7 Å². The summed E-state index contributed by atoms with van der Waals surface area (Å²) in [6.07, 6.45) is 0. The third-order valence-electron chi connectivity index (χ3n) is 2.40. The summed E-state index contributed by atoms with van der Waals surface area (Å²) >= 11 is 0. The van der Waals surface area contributed by atoms with Gasteiger partial charge in [-0.25, -0.2) is 13.6 Å². The molecular formula is C12H13F2NO3. The molecule has 0 aliphatic heterocycles. The zero-order valence-corrected chi connectivity index (χ0v) is 9.91. The maximum atomic E-state index is 13.3. The molecule has 0 bridgehead atoms. The van der Waals surface area contributed by atoms with Crippen LogP contribution in [0.1, 0.15) is 24.2 Å². The van der Waals surface area contributed by atoms with Crippen molar-refractivity contribution in [3.05, 3.63) is 35.4 Å². The fraction of sp³-hybridized carbons (Fsp3) is 0.333. The smallest absolute Gasteiger partial charge is 0.326 e. The van der Waals surface area contributed by atoms with Crippen LogP contribution in [-0.4, -0.2) is 23.0 Å². The predicted molar refractivity (Wildman–Crippen MR) is 60.1 cm³/mol. The molecule has 0 saturated carbocycles. The maximum Gasteiger partial charge on any atom is 0.326 e. The molecule has 1 aromatic rings. The number of benzene rings is 1. The van der Waals surface area contributed by atoms with E-state index in [2.05, 4.69) is 5.32 Å². The maximum absolute atomic E-state index is 13.3. The second kappa shape index (κ2) is 5.57. The van der Waals surface area contributed by atoms with Crippen LogP contribution in [0.3, 0.4) is 0 Å². The number of carboxylic acids is 1. The largest absolute Gasteiger partial charge is 0.480 e. The minimum atomic E-state index is -1.21. The molecule has 1 rings (SSSR count). The first-order valence-corrected chi connectivity index (χ1v) is 5.31. The van der Waals surface area contributed by atoms with Crippen LogP contribution in [0, 0.1) is 17.6 Å². The van der Waals surface area contributed by atoms with Gasteiger partial charge in [0.05, 0.1) is 5.56 Å². The summed E-state index contributed by atoms with van der Waals surface area (Å²) in [6, 6.07) is 1.35. The molecule has 0 aliphatic rings. The highest BCUT2D eigenvalue weighted by Gasteiger charge is 2.25. The van der Waals surface area contributed by atoms with E-state index in [1.165, 1.54) is 0 Å². The van der Waals surface area contributed by atoms with Gasteiger partial charge in [0.2, 0.25) is 0 Å². The second-order valence-electron chi connectivity index (χ2n) is 4.16. The van der Waals surface area contributed by atoms with Crippen molar-refractivity contribution in [3.63, 3.8) is 0 Å². The molecule has 0 aromatic heterocycles. The summed E-state index contributed by atoms with van der Waals surface area (Å²) in [4.78, 5) is 22.5. The second-order valence-corrected chi connectivity index (χ2v) is 4.16. The van der Waals surface area contributed by atoms with Gasteiger partial charge in [-0.2, -0.15) is 0 Å². The fourth-order valence-electron chi connectivity index (χ4n) is 1.41. The van der Waals surface area contributed by atoms with Gasteiger partial charge in [0.25, 0.3) is 5.91 Å². The first-order valence-electron chi connectivity index (χ1n) is 5.31. The van der Waals surface area contributed by atoms with Crippen LogP contribution in [0.25, 0.3) is 0 Å². The summed E-state index contributed by atoms with van der Waals surface area (Å²) in [7, 11) is 0. The summed E-state index contributed by atoms with van der Waals surface area (Å²) in [5.41, 5.74) is -0.386. The Morgan fingerprint density at radius 2 is 1.89 bits per heavy atom. The van der Waals surface area contributed by atoms with E-state index in [1.807, 2.05) is 0 Å². The fourth-order valence-corrected chi connectivity index (χ4v) is 1.41. The molecule has 1 aromatic carbocycles. The summed E-state index contributed by atoms with van der Waals surface area (Å²) in [6.45, 7) is 3.22. The van der Waals surface area contributed by atoms with E-state index in [0.717, 1.165) is 12.1 Å². The van der Waals surface area contributed by atoms with E-state index in [1.54, 1.807) is 13.8 Å². The Morgan fingerprint density at radius 3 is 2.33 bits per heavy atom. The third kappa shape index (κ3) is 3.26. The normalized spacial score (nSPS) is 12.3. The molecule has 0 spiro atoms. The highest BCUT2D eigenvalue weighted by molar-refractivity contribution is 5.96. The average Bonchev–Trinajstić information content (AvgIpc) is 2.24. The van der Waals surface area contributed by atoms with Crippen LogP contribution in [0.2, 0.25) is 0 Å². The first kappa shape index (κ1) is 14.1. The lowest BCUT2D eigenvalue weighted by molar-refractivity contribution is -0.140. The molecule has 0 aliphatic carbocycles. The molecule has 0 radical (unpaired) electrons. The number of aliphatic carboxylic acids is 1. The Bertz CT molecular complexity index is 474. The molecule has 18 heavy (non-hydrogen) atoms. The Kier molecular flexibility index (Phi) is 4.36. The molecule has 6 heteroatoms. The lowest BCUT2D eigenvalue weighted by Gasteiger charge is -2.18. The van der Waals surface area contributed by atoms with E-state index in [0.29, 0.717) is 6.07 Å². The van der Waals surface area contributed by atoms with Gasteiger partial charge >= 0.3 is 5.97 Å². The topological polar surface area (TPSA) is 66.4 Å². The zero-order valence-electron chi connectivity index (χ0n) is 9.91. The minimum absolute atomic E-state index is 0.352. The van der Waals surface area contributed by atoms with Crippen LogP contribution in [0.5, 0.6) is 0 Å². The minimum Gasteiger partial charge on any atom is -0.480 e. The third-order valence-corrected chi connectivity index (χ3v) is 2.40. The predicted octanol–water partition coefficient (Wildman–Crippen LogP) is 1.80. The lowest BCUT2D eigenvalue weighted by atomic mass is 10.0. The number of carbonyl (C=O) groups is 2. The van der Waals surface area contributed by atoms with Crippen molar-refractivity contribution in [3.8, 4) is 0 Å². The van der Waals surface area contributed by atoms with Crippen LogP contribution >= 0.6 is 0 Å². The molecule has 1 atom stereocenters. The number of hydrogen-bond donors (Lipinski definition) is 2. The van der Waals surface area contributed by atoms with Crippen LogP contribution in [-0.2, 0) is 4.79 Å². The van der Waals surface area contributed by atoms with Crippen LogP contribution < -0.4 is 5.32 Å². The van der Waals surface area contributed by atoms with Crippen molar-refractivity contribution in [1.29, 1.82) is 0 Å². The van der Waals surface area contributed by atoms with Crippen LogP contribution in [0.4, 0.5) is 8.78 Å². The number of nitrogens with one attached hydrogen (secondary N) is 1. The van der Waals surface area contributed by atoms with Crippen molar-refractivity contribution in [2.75, 3.05) is 0 Å².